The Bertz CT molecular complexity index is 308. The van der Waals surface area contributed by atoms with Gasteiger partial charge in [0.25, 0.3) is 0 Å². The molecule has 0 bridgehead atoms. The highest BCUT2D eigenvalue weighted by molar-refractivity contribution is 5.77. The minimum atomic E-state index is 0.0509. The Balaban J connectivity index is 2.27. The van der Waals surface area contributed by atoms with Crippen molar-refractivity contribution in [1.82, 2.24) is 15.1 Å². The summed E-state index contributed by atoms with van der Waals surface area (Å²) in [5.41, 5.74) is 0. The van der Waals surface area contributed by atoms with Crippen molar-refractivity contribution < 1.29 is 9.53 Å². The molecule has 1 amide bonds. The van der Waals surface area contributed by atoms with Gasteiger partial charge in [0.1, 0.15) is 0 Å². The predicted molar refractivity (Wildman–Crippen MR) is 86.4 cm³/mol. The van der Waals surface area contributed by atoms with Crippen LogP contribution in [0, 0.1) is 11.8 Å². The van der Waals surface area contributed by atoms with E-state index in [2.05, 4.69) is 24.1 Å². The zero-order chi connectivity index (χ0) is 15.8. The number of ether oxygens (including phenoxy) is 1. The van der Waals surface area contributed by atoms with Crippen molar-refractivity contribution >= 4 is 5.91 Å². The first-order valence-corrected chi connectivity index (χ1v) is 8.19. The number of hydrogen-bond acceptors (Lipinski definition) is 4. The summed E-state index contributed by atoms with van der Waals surface area (Å²) in [6.07, 6.45) is 0.136. The molecule has 5 heteroatoms. The lowest BCUT2D eigenvalue weighted by Crippen LogP contribution is -2.49. The van der Waals surface area contributed by atoms with Crippen molar-refractivity contribution in [3.63, 3.8) is 0 Å². The van der Waals surface area contributed by atoms with E-state index < -0.39 is 0 Å². The van der Waals surface area contributed by atoms with Crippen LogP contribution in [0.15, 0.2) is 0 Å². The Morgan fingerprint density at radius 1 is 1.38 bits per heavy atom. The molecule has 1 atom stereocenters. The van der Waals surface area contributed by atoms with E-state index in [0.29, 0.717) is 12.5 Å². The number of nitrogens with one attached hydrogen (secondary N) is 1. The molecule has 1 saturated heterocycles. The van der Waals surface area contributed by atoms with Crippen LogP contribution in [0.1, 0.15) is 27.7 Å². The van der Waals surface area contributed by atoms with Crippen molar-refractivity contribution in [2.45, 2.75) is 33.8 Å². The number of carbonyl (C=O) groups is 1. The molecule has 1 heterocycles. The lowest BCUT2D eigenvalue weighted by Gasteiger charge is -2.35. The molecule has 0 spiro atoms. The lowest BCUT2D eigenvalue weighted by atomic mass is 10.2. The summed E-state index contributed by atoms with van der Waals surface area (Å²) in [5.74, 6) is 0.933. The molecule has 5 nitrogen and oxygen atoms in total. The van der Waals surface area contributed by atoms with E-state index in [4.69, 9.17) is 4.74 Å². The Kier molecular flexibility index (Phi) is 8.22. The Morgan fingerprint density at radius 2 is 2.10 bits per heavy atom. The molecule has 1 N–H and O–H groups in total. The van der Waals surface area contributed by atoms with Crippen molar-refractivity contribution in [2.24, 2.45) is 11.8 Å². The van der Waals surface area contributed by atoms with Crippen molar-refractivity contribution in [3.8, 4) is 0 Å². The zero-order valence-corrected chi connectivity index (χ0v) is 14.4. The number of nitrogens with zero attached hydrogens (tertiary/aromatic N) is 2. The van der Waals surface area contributed by atoms with Crippen LogP contribution in [0.4, 0.5) is 0 Å². The lowest BCUT2D eigenvalue weighted by molar-refractivity contribution is -0.136. The van der Waals surface area contributed by atoms with Crippen LogP contribution < -0.4 is 5.32 Å². The largest absolute Gasteiger partial charge is 0.374 e. The third-order valence-electron chi connectivity index (χ3n) is 3.73. The second kappa shape index (κ2) is 9.38. The summed E-state index contributed by atoms with van der Waals surface area (Å²) < 4.78 is 5.80. The van der Waals surface area contributed by atoms with E-state index >= 15 is 0 Å². The maximum atomic E-state index is 11.9. The molecular formula is C16H33N3O2. The quantitative estimate of drug-likeness (QED) is 0.681. The molecule has 1 aliphatic heterocycles. The Morgan fingerprint density at radius 3 is 2.71 bits per heavy atom. The predicted octanol–water partition coefficient (Wildman–Crippen LogP) is 1.05. The first kappa shape index (κ1) is 18.4. The number of carbonyl (C=O) groups excluding carboxylic acids is 1. The molecule has 1 aliphatic rings. The number of morpholine rings is 1. The van der Waals surface area contributed by atoms with Crippen LogP contribution in [0.5, 0.6) is 0 Å². The van der Waals surface area contributed by atoms with Gasteiger partial charge in [-0.1, -0.05) is 27.7 Å². The SMILES string of the molecule is CC(C)CNCCN1CCOC(CN(C)C(=O)C(C)C)C1. The van der Waals surface area contributed by atoms with Crippen molar-refractivity contribution in [1.29, 1.82) is 0 Å². The molecule has 1 rings (SSSR count). The van der Waals surface area contributed by atoms with Crippen molar-refractivity contribution in [2.75, 3.05) is 52.9 Å². The van der Waals surface area contributed by atoms with Gasteiger partial charge in [0.05, 0.1) is 12.7 Å². The highest BCUT2D eigenvalue weighted by atomic mass is 16.5. The van der Waals surface area contributed by atoms with Crippen LogP contribution in [-0.2, 0) is 9.53 Å². The Hall–Kier alpha value is -0.650. The number of amides is 1. The summed E-state index contributed by atoms with van der Waals surface area (Å²) in [7, 11) is 1.87. The first-order chi connectivity index (χ1) is 9.90. The van der Waals surface area contributed by atoms with Gasteiger partial charge in [-0.3, -0.25) is 9.69 Å². The normalized spacial score (nSPS) is 20.2. The molecule has 0 aliphatic carbocycles. The molecule has 124 valence electrons. The van der Waals surface area contributed by atoms with Crippen LogP contribution in [0.2, 0.25) is 0 Å². The average molecular weight is 299 g/mol. The zero-order valence-electron chi connectivity index (χ0n) is 14.4. The first-order valence-electron chi connectivity index (χ1n) is 8.19. The second-order valence-corrected chi connectivity index (χ2v) is 6.76. The van der Waals surface area contributed by atoms with E-state index in [1.165, 1.54) is 0 Å². The molecule has 0 saturated carbocycles. The molecule has 0 aromatic rings. The highest BCUT2D eigenvalue weighted by Gasteiger charge is 2.23. The highest BCUT2D eigenvalue weighted by Crippen LogP contribution is 2.08. The topological polar surface area (TPSA) is 44.8 Å². The summed E-state index contributed by atoms with van der Waals surface area (Å²) in [6.45, 7) is 14.8. The molecule has 0 radical (unpaired) electrons. The molecular weight excluding hydrogens is 266 g/mol. The third-order valence-corrected chi connectivity index (χ3v) is 3.73. The van der Waals surface area contributed by atoms with Gasteiger partial charge in [0.15, 0.2) is 0 Å². The molecule has 21 heavy (non-hydrogen) atoms. The van der Waals surface area contributed by atoms with Gasteiger partial charge in [0, 0.05) is 45.7 Å². The minimum Gasteiger partial charge on any atom is -0.374 e. The van der Waals surface area contributed by atoms with E-state index in [1.54, 1.807) is 4.90 Å². The van der Waals surface area contributed by atoms with Gasteiger partial charge >= 0.3 is 0 Å². The van der Waals surface area contributed by atoms with E-state index in [1.807, 2.05) is 20.9 Å². The van der Waals surface area contributed by atoms with Crippen LogP contribution in [0.25, 0.3) is 0 Å². The summed E-state index contributed by atoms with van der Waals surface area (Å²) in [6, 6.07) is 0. The number of likely N-dealkylation sites (N-methyl/N-ethyl adjacent to an activating group) is 1. The van der Waals surface area contributed by atoms with Gasteiger partial charge in [-0.15, -0.1) is 0 Å². The van der Waals surface area contributed by atoms with Gasteiger partial charge in [0.2, 0.25) is 5.91 Å². The molecule has 0 aromatic carbocycles. The monoisotopic (exact) mass is 299 g/mol. The van der Waals surface area contributed by atoms with Gasteiger partial charge < -0.3 is 15.0 Å². The van der Waals surface area contributed by atoms with Crippen LogP contribution in [0.3, 0.4) is 0 Å². The fourth-order valence-corrected chi connectivity index (χ4v) is 2.56. The summed E-state index contributed by atoms with van der Waals surface area (Å²) in [5, 5.41) is 3.47. The molecule has 1 fully saturated rings. The summed E-state index contributed by atoms with van der Waals surface area (Å²) >= 11 is 0. The third kappa shape index (κ3) is 7.25. The van der Waals surface area contributed by atoms with Crippen LogP contribution >= 0.6 is 0 Å². The maximum Gasteiger partial charge on any atom is 0.224 e. The van der Waals surface area contributed by atoms with Gasteiger partial charge in [-0.2, -0.15) is 0 Å². The van der Waals surface area contributed by atoms with Gasteiger partial charge in [-0.05, 0) is 12.5 Å². The fraction of sp³-hybridized carbons (Fsp3) is 0.938. The van der Waals surface area contributed by atoms with Crippen molar-refractivity contribution in [3.05, 3.63) is 0 Å². The van der Waals surface area contributed by atoms with E-state index in [0.717, 1.165) is 39.3 Å². The van der Waals surface area contributed by atoms with E-state index in [9.17, 15) is 4.79 Å². The molecule has 1 unspecified atom stereocenters. The molecule has 0 aromatic heterocycles. The number of rotatable bonds is 8. The maximum absolute atomic E-state index is 11.9. The van der Waals surface area contributed by atoms with Gasteiger partial charge in [-0.25, -0.2) is 0 Å². The average Bonchev–Trinajstić information content (AvgIpc) is 2.42. The Labute approximate surface area is 130 Å². The summed E-state index contributed by atoms with van der Waals surface area (Å²) in [4.78, 5) is 16.1. The fourth-order valence-electron chi connectivity index (χ4n) is 2.56. The second-order valence-electron chi connectivity index (χ2n) is 6.76. The minimum absolute atomic E-state index is 0.0509. The van der Waals surface area contributed by atoms with Crippen LogP contribution in [-0.4, -0.2) is 74.7 Å². The number of hydrogen-bond donors (Lipinski definition) is 1. The van der Waals surface area contributed by atoms with E-state index in [-0.39, 0.29) is 17.9 Å². The smallest absolute Gasteiger partial charge is 0.224 e. The standard InChI is InChI=1S/C16H33N3O2/c1-13(2)10-17-6-7-19-8-9-21-15(12-19)11-18(5)16(20)14(3)4/h13-15,17H,6-12H2,1-5H3.